The molecule has 1 N–H and O–H groups in total. The van der Waals surface area contributed by atoms with Gasteiger partial charge in [-0.2, -0.15) is 0 Å². The van der Waals surface area contributed by atoms with E-state index in [4.69, 9.17) is 4.74 Å². The summed E-state index contributed by atoms with van der Waals surface area (Å²) in [4.78, 5) is 18.2. The van der Waals surface area contributed by atoms with Crippen LogP contribution in [0.1, 0.15) is 35.7 Å². The molecule has 5 nitrogen and oxygen atoms in total. The van der Waals surface area contributed by atoms with Crippen LogP contribution in [0.5, 0.6) is 0 Å². The molecule has 0 spiro atoms. The molecule has 0 saturated carbocycles. The fourth-order valence-electron chi connectivity index (χ4n) is 2.26. The molecule has 5 heteroatoms. The zero-order chi connectivity index (χ0) is 17.8. The maximum atomic E-state index is 11.4. The molecule has 0 fully saturated rings. The van der Waals surface area contributed by atoms with Crippen molar-refractivity contribution < 1.29 is 9.53 Å². The number of nitrogens with zero attached hydrogens (tertiary/aromatic N) is 2. The molecule has 0 unspecified atom stereocenters. The third kappa shape index (κ3) is 6.86. The summed E-state index contributed by atoms with van der Waals surface area (Å²) >= 11 is 0. The van der Waals surface area contributed by atoms with Crippen LogP contribution in [0.4, 0.5) is 0 Å². The van der Waals surface area contributed by atoms with Crippen LogP contribution in [0.25, 0.3) is 0 Å². The molecule has 0 aromatic heterocycles. The highest BCUT2D eigenvalue weighted by Crippen LogP contribution is 2.06. The monoisotopic (exact) mass is 331 g/mol. The zero-order valence-electron chi connectivity index (χ0n) is 15.0. The van der Waals surface area contributed by atoms with E-state index in [1.54, 1.807) is 12.1 Å². The first-order valence-electron chi connectivity index (χ1n) is 8.40. The molecule has 0 bridgehead atoms. The summed E-state index contributed by atoms with van der Waals surface area (Å²) in [6.07, 6.45) is 4.85. The summed E-state index contributed by atoms with van der Waals surface area (Å²) in [6.45, 7) is 8.31. The standard InChI is InChI=1S/C19H29N3O2/c1-5-7-8-15-22(3)19(20-6-2)21-14-13-16-9-11-17(12-10-16)18(23)24-4/h5,9-12H,1,6-8,13-15H2,2-4H3,(H,20,21). The Morgan fingerprint density at radius 2 is 2.08 bits per heavy atom. The van der Waals surface area contributed by atoms with E-state index in [2.05, 4.69) is 35.8 Å². The first-order chi connectivity index (χ1) is 11.6. The minimum absolute atomic E-state index is 0.310. The van der Waals surface area contributed by atoms with Crippen LogP contribution in [0.15, 0.2) is 41.9 Å². The van der Waals surface area contributed by atoms with Crippen LogP contribution >= 0.6 is 0 Å². The third-order valence-electron chi connectivity index (χ3n) is 3.64. The molecule has 132 valence electrons. The Hall–Kier alpha value is -2.30. The van der Waals surface area contributed by atoms with Crippen molar-refractivity contribution in [2.24, 2.45) is 4.99 Å². The van der Waals surface area contributed by atoms with Gasteiger partial charge < -0.3 is 15.0 Å². The molecular formula is C19H29N3O2. The van der Waals surface area contributed by atoms with Crippen LogP contribution in [0, 0.1) is 0 Å². The van der Waals surface area contributed by atoms with Crippen molar-refractivity contribution in [3.05, 3.63) is 48.0 Å². The summed E-state index contributed by atoms with van der Waals surface area (Å²) in [5.74, 6) is 0.614. The Morgan fingerprint density at radius 1 is 1.38 bits per heavy atom. The number of hydrogen-bond acceptors (Lipinski definition) is 3. The first kappa shape index (κ1) is 19.7. The number of esters is 1. The quantitative estimate of drug-likeness (QED) is 0.248. The largest absolute Gasteiger partial charge is 0.465 e. The van der Waals surface area contributed by atoms with E-state index in [0.29, 0.717) is 12.1 Å². The summed E-state index contributed by atoms with van der Waals surface area (Å²) < 4.78 is 4.70. The number of carbonyl (C=O) groups is 1. The van der Waals surface area contributed by atoms with Crippen molar-refractivity contribution in [1.29, 1.82) is 0 Å². The summed E-state index contributed by atoms with van der Waals surface area (Å²) in [5, 5.41) is 3.32. The second-order valence-corrected chi connectivity index (χ2v) is 5.53. The number of unbranched alkanes of at least 4 members (excludes halogenated alkanes) is 1. The van der Waals surface area contributed by atoms with Gasteiger partial charge in [-0.3, -0.25) is 4.99 Å². The van der Waals surface area contributed by atoms with Gasteiger partial charge in [0.05, 0.1) is 12.7 Å². The Morgan fingerprint density at radius 3 is 2.67 bits per heavy atom. The van der Waals surface area contributed by atoms with Gasteiger partial charge in [0.2, 0.25) is 0 Å². The lowest BCUT2D eigenvalue weighted by Crippen LogP contribution is -2.39. The van der Waals surface area contributed by atoms with Gasteiger partial charge in [-0.25, -0.2) is 4.79 Å². The maximum absolute atomic E-state index is 11.4. The van der Waals surface area contributed by atoms with Crippen molar-refractivity contribution in [3.63, 3.8) is 0 Å². The predicted octanol–water partition coefficient (Wildman–Crippen LogP) is 2.88. The summed E-state index contributed by atoms with van der Waals surface area (Å²) in [6, 6.07) is 7.47. The second-order valence-electron chi connectivity index (χ2n) is 5.53. The van der Waals surface area contributed by atoms with Crippen molar-refractivity contribution >= 4 is 11.9 Å². The summed E-state index contributed by atoms with van der Waals surface area (Å²) in [5.41, 5.74) is 1.72. The number of hydrogen-bond donors (Lipinski definition) is 1. The molecule has 0 amide bonds. The molecule has 0 heterocycles. The topological polar surface area (TPSA) is 53.9 Å². The minimum Gasteiger partial charge on any atom is -0.465 e. The van der Waals surface area contributed by atoms with E-state index in [1.165, 1.54) is 7.11 Å². The summed E-state index contributed by atoms with van der Waals surface area (Å²) in [7, 11) is 3.44. The number of carbonyl (C=O) groups excluding carboxylic acids is 1. The van der Waals surface area contributed by atoms with Gasteiger partial charge in [-0.1, -0.05) is 18.2 Å². The van der Waals surface area contributed by atoms with Crippen molar-refractivity contribution in [2.45, 2.75) is 26.2 Å². The van der Waals surface area contributed by atoms with Crippen molar-refractivity contribution in [1.82, 2.24) is 10.2 Å². The fraction of sp³-hybridized carbons (Fsp3) is 0.474. The molecular weight excluding hydrogens is 302 g/mol. The number of allylic oxidation sites excluding steroid dienone is 1. The van der Waals surface area contributed by atoms with E-state index in [-0.39, 0.29) is 5.97 Å². The number of ether oxygens (including phenoxy) is 1. The Labute approximate surface area is 145 Å². The molecule has 0 aliphatic carbocycles. The minimum atomic E-state index is -0.310. The van der Waals surface area contributed by atoms with Crippen LogP contribution in [-0.2, 0) is 11.2 Å². The molecule has 0 radical (unpaired) electrons. The van der Waals surface area contributed by atoms with Crippen LogP contribution in [0.3, 0.4) is 0 Å². The van der Waals surface area contributed by atoms with Crippen LogP contribution < -0.4 is 5.32 Å². The maximum Gasteiger partial charge on any atom is 0.337 e. The highest BCUT2D eigenvalue weighted by Gasteiger charge is 2.06. The Balaban J connectivity index is 2.56. The average molecular weight is 331 g/mol. The van der Waals surface area contributed by atoms with Gasteiger partial charge in [-0.15, -0.1) is 6.58 Å². The molecule has 0 aliphatic heterocycles. The van der Waals surface area contributed by atoms with Crippen molar-refractivity contribution in [3.8, 4) is 0 Å². The van der Waals surface area contributed by atoms with Gasteiger partial charge in [0.15, 0.2) is 5.96 Å². The number of guanidine groups is 1. The number of aliphatic imine (C=N–C) groups is 1. The molecule has 1 aromatic carbocycles. The second kappa shape index (κ2) is 11.3. The highest BCUT2D eigenvalue weighted by atomic mass is 16.5. The lowest BCUT2D eigenvalue weighted by atomic mass is 10.1. The molecule has 1 rings (SSSR count). The van der Waals surface area contributed by atoms with Crippen LogP contribution in [0.2, 0.25) is 0 Å². The SMILES string of the molecule is C=CCCCN(C)C(=NCCc1ccc(C(=O)OC)cc1)NCC. The van der Waals surface area contributed by atoms with E-state index < -0.39 is 0 Å². The van der Waals surface area contributed by atoms with Gasteiger partial charge in [-0.05, 0) is 43.9 Å². The Bertz CT molecular complexity index is 538. The van der Waals surface area contributed by atoms with Gasteiger partial charge in [0, 0.05) is 26.7 Å². The lowest BCUT2D eigenvalue weighted by molar-refractivity contribution is 0.0600. The van der Waals surface area contributed by atoms with Crippen LogP contribution in [-0.4, -0.2) is 50.6 Å². The van der Waals surface area contributed by atoms with E-state index >= 15 is 0 Å². The number of methoxy groups -OCH3 is 1. The zero-order valence-corrected chi connectivity index (χ0v) is 15.0. The predicted molar refractivity (Wildman–Crippen MR) is 99.5 cm³/mol. The normalized spacial score (nSPS) is 11.0. The number of nitrogens with one attached hydrogen (secondary N) is 1. The van der Waals surface area contributed by atoms with E-state index in [9.17, 15) is 4.79 Å². The number of benzene rings is 1. The molecule has 24 heavy (non-hydrogen) atoms. The third-order valence-corrected chi connectivity index (χ3v) is 3.64. The van der Waals surface area contributed by atoms with Crippen molar-refractivity contribution in [2.75, 3.05) is 33.8 Å². The Kier molecular flexibility index (Phi) is 9.27. The molecule has 0 aliphatic rings. The van der Waals surface area contributed by atoms with Gasteiger partial charge >= 0.3 is 5.97 Å². The molecule has 1 aromatic rings. The van der Waals surface area contributed by atoms with E-state index in [0.717, 1.165) is 43.9 Å². The van der Waals surface area contributed by atoms with E-state index in [1.807, 2.05) is 18.2 Å². The molecule has 0 atom stereocenters. The van der Waals surface area contributed by atoms with Gasteiger partial charge in [0.1, 0.15) is 0 Å². The van der Waals surface area contributed by atoms with Gasteiger partial charge in [0.25, 0.3) is 0 Å². The average Bonchev–Trinajstić information content (AvgIpc) is 2.61. The smallest absolute Gasteiger partial charge is 0.337 e. The highest BCUT2D eigenvalue weighted by molar-refractivity contribution is 5.89. The number of rotatable bonds is 9. The fourth-order valence-corrected chi connectivity index (χ4v) is 2.26. The lowest BCUT2D eigenvalue weighted by Gasteiger charge is -2.21. The first-order valence-corrected chi connectivity index (χ1v) is 8.40. The molecule has 0 saturated heterocycles.